The summed E-state index contributed by atoms with van der Waals surface area (Å²) in [5, 5.41) is 2.91. The summed E-state index contributed by atoms with van der Waals surface area (Å²) in [6, 6.07) is 6.92. The fraction of sp³-hybridized carbons (Fsp3) is 0.421. The predicted octanol–water partition coefficient (Wildman–Crippen LogP) is 2.29. The van der Waals surface area contributed by atoms with Gasteiger partial charge < -0.3 is 15.2 Å². The summed E-state index contributed by atoms with van der Waals surface area (Å²) in [5.41, 5.74) is 1.13. The van der Waals surface area contributed by atoms with Crippen LogP contribution in [0.2, 0.25) is 0 Å². The molecule has 6 heteroatoms. The Kier molecular flexibility index (Phi) is 6.09. The van der Waals surface area contributed by atoms with Gasteiger partial charge >= 0.3 is 0 Å². The Hall–Kier alpha value is -2.47. The van der Waals surface area contributed by atoms with Gasteiger partial charge in [-0.2, -0.15) is 0 Å². The number of hydrogen-bond acceptors (Lipinski definition) is 4. The van der Waals surface area contributed by atoms with Crippen LogP contribution in [0.15, 0.2) is 41.5 Å². The van der Waals surface area contributed by atoms with Crippen LogP contribution in [-0.4, -0.2) is 47.0 Å². The van der Waals surface area contributed by atoms with E-state index in [9.17, 15) is 9.59 Å². The van der Waals surface area contributed by atoms with E-state index in [-0.39, 0.29) is 17.0 Å². The van der Waals surface area contributed by atoms with Crippen molar-refractivity contribution in [2.24, 2.45) is 0 Å². The van der Waals surface area contributed by atoms with Crippen LogP contribution < -0.4 is 10.9 Å². The van der Waals surface area contributed by atoms with Crippen LogP contribution in [0, 0.1) is 0 Å². The van der Waals surface area contributed by atoms with Crippen molar-refractivity contribution in [1.82, 2.24) is 20.2 Å². The Morgan fingerprint density at radius 1 is 1.16 bits per heavy atom. The second kappa shape index (κ2) is 8.07. The highest BCUT2D eigenvalue weighted by Crippen LogP contribution is 2.20. The number of aromatic amines is 1. The molecule has 0 aromatic carbocycles. The van der Waals surface area contributed by atoms with Crippen molar-refractivity contribution in [3.05, 3.63) is 52.6 Å². The summed E-state index contributed by atoms with van der Waals surface area (Å²) in [6.07, 6.45) is 5.14. The molecular weight excluding hydrogens is 316 g/mol. The number of H-pyrrole nitrogens is 1. The zero-order valence-electron chi connectivity index (χ0n) is 15.3. The maximum absolute atomic E-state index is 12.5. The Balaban J connectivity index is 2.16. The largest absolute Gasteiger partial charge is 0.350 e. The summed E-state index contributed by atoms with van der Waals surface area (Å²) in [6.45, 7) is 4.70. The van der Waals surface area contributed by atoms with Crippen molar-refractivity contribution in [1.29, 1.82) is 0 Å². The molecule has 0 bridgehead atoms. The maximum atomic E-state index is 12.5. The van der Waals surface area contributed by atoms with E-state index in [0.29, 0.717) is 12.2 Å². The number of nitrogens with zero attached hydrogens (tertiary/aromatic N) is 2. The van der Waals surface area contributed by atoms with E-state index in [1.807, 2.05) is 14.1 Å². The van der Waals surface area contributed by atoms with Gasteiger partial charge in [0.05, 0.1) is 0 Å². The Morgan fingerprint density at radius 2 is 1.80 bits per heavy atom. The zero-order valence-corrected chi connectivity index (χ0v) is 15.3. The van der Waals surface area contributed by atoms with Crippen LogP contribution in [-0.2, 0) is 0 Å². The fourth-order valence-electron chi connectivity index (χ4n) is 2.98. The molecule has 2 rings (SSSR count). The molecule has 134 valence electrons. The highest BCUT2D eigenvalue weighted by atomic mass is 16.2. The molecule has 6 nitrogen and oxygen atoms in total. The molecule has 0 unspecified atom stereocenters. The van der Waals surface area contributed by atoms with Gasteiger partial charge in [-0.25, -0.2) is 0 Å². The number of carbonyl (C=O) groups is 1. The van der Waals surface area contributed by atoms with Crippen molar-refractivity contribution >= 4 is 5.91 Å². The molecule has 2 aromatic rings. The number of amides is 1. The van der Waals surface area contributed by atoms with Crippen molar-refractivity contribution in [2.75, 3.05) is 20.6 Å². The average molecular weight is 342 g/mol. The SMILES string of the molecule is CCC(CC)(CNC(=O)c1ccc(-c2ccncc2)[nH]c1=O)N(C)C. The van der Waals surface area contributed by atoms with Crippen molar-refractivity contribution in [3.8, 4) is 11.3 Å². The minimum absolute atomic E-state index is 0.112. The van der Waals surface area contributed by atoms with Crippen LogP contribution in [0.1, 0.15) is 37.0 Å². The van der Waals surface area contributed by atoms with Gasteiger partial charge in [-0.1, -0.05) is 13.8 Å². The molecule has 0 fully saturated rings. The predicted molar refractivity (Wildman–Crippen MR) is 99.6 cm³/mol. The second-order valence-electron chi connectivity index (χ2n) is 6.36. The summed E-state index contributed by atoms with van der Waals surface area (Å²) in [7, 11) is 4.02. The number of likely N-dealkylation sites (N-methyl/N-ethyl adjacent to an activating group) is 1. The lowest BCUT2D eigenvalue weighted by Gasteiger charge is -2.38. The van der Waals surface area contributed by atoms with Gasteiger partial charge in [0.25, 0.3) is 11.5 Å². The minimum Gasteiger partial charge on any atom is -0.350 e. The normalized spacial score (nSPS) is 11.6. The highest BCUT2D eigenvalue weighted by Gasteiger charge is 2.29. The van der Waals surface area contributed by atoms with Gasteiger partial charge in [-0.15, -0.1) is 0 Å². The summed E-state index contributed by atoms with van der Waals surface area (Å²) >= 11 is 0. The van der Waals surface area contributed by atoms with Crippen LogP contribution in [0.3, 0.4) is 0 Å². The molecule has 2 aromatic heterocycles. The Labute approximate surface area is 148 Å². The van der Waals surface area contributed by atoms with E-state index < -0.39 is 5.56 Å². The lowest BCUT2D eigenvalue weighted by molar-refractivity contribution is 0.0881. The second-order valence-corrected chi connectivity index (χ2v) is 6.36. The molecule has 0 spiro atoms. The van der Waals surface area contributed by atoms with Gasteiger partial charge in [-0.3, -0.25) is 14.6 Å². The van der Waals surface area contributed by atoms with Crippen LogP contribution in [0.4, 0.5) is 0 Å². The smallest absolute Gasteiger partial charge is 0.261 e. The van der Waals surface area contributed by atoms with Crippen molar-refractivity contribution < 1.29 is 4.79 Å². The van der Waals surface area contributed by atoms with Crippen LogP contribution in [0.25, 0.3) is 11.3 Å². The zero-order chi connectivity index (χ0) is 18.4. The van der Waals surface area contributed by atoms with Gasteiger partial charge in [0.15, 0.2) is 0 Å². The maximum Gasteiger partial charge on any atom is 0.261 e. The van der Waals surface area contributed by atoms with Crippen molar-refractivity contribution in [2.45, 2.75) is 32.2 Å². The third-order valence-corrected chi connectivity index (χ3v) is 4.99. The molecular formula is C19H26N4O2. The number of nitrogens with one attached hydrogen (secondary N) is 2. The first-order valence-corrected chi connectivity index (χ1v) is 8.53. The standard InChI is InChI=1S/C19H26N4O2/c1-5-19(6-2,23(3)4)13-21-17(24)15-7-8-16(22-18(15)25)14-9-11-20-12-10-14/h7-12H,5-6,13H2,1-4H3,(H,21,24)(H,22,25). The lowest BCUT2D eigenvalue weighted by Crippen LogP contribution is -2.52. The molecule has 0 aliphatic heterocycles. The molecule has 0 aliphatic rings. The highest BCUT2D eigenvalue weighted by molar-refractivity contribution is 5.94. The molecule has 1 amide bonds. The summed E-state index contributed by atoms with van der Waals surface area (Å²) in [5.74, 6) is -0.351. The quantitative estimate of drug-likeness (QED) is 0.809. The van der Waals surface area contributed by atoms with Gasteiger partial charge in [0, 0.05) is 35.7 Å². The Bertz CT molecular complexity index is 764. The number of carbonyl (C=O) groups excluding carboxylic acids is 1. The van der Waals surface area contributed by atoms with Gasteiger partial charge in [0.2, 0.25) is 0 Å². The minimum atomic E-state index is -0.393. The first kappa shape index (κ1) is 18.9. The molecule has 0 aliphatic carbocycles. The monoisotopic (exact) mass is 342 g/mol. The molecule has 0 saturated carbocycles. The van der Waals surface area contributed by atoms with Crippen LogP contribution >= 0.6 is 0 Å². The number of aromatic nitrogens is 2. The molecule has 0 atom stereocenters. The third-order valence-electron chi connectivity index (χ3n) is 4.99. The third kappa shape index (κ3) is 4.14. The van der Waals surface area contributed by atoms with Gasteiger partial charge in [0.1, 0.15) is 5.56 Å². The van der Waals surface area contributed by atoms with E-state index in [1.54, 1.807) is 36.7 Å². The molecule has 2 N–H and O–H groups in total. The number of hydrogen-bond donors (Lipinski definition) is 2. The van der Waals surface area contributed by atoms with E-state index in [1.165, 1.54) is 0 Å². The number of pyridine rings is 2. The number of rotatable bonds is 7. The first-order chi connectivity index (χ1) is 11.9. The first-order valence-electron chi connectivity index (χ1n) is 8.53. The lowest BCUT2D eigenvalue weighted by atomic mass is 9.91. The van der Waals surface area contributed by atoms with Crippen molar-refractivity contribution in [3.63, 3.8) is 0 Å². The van der Waals surface area contributed by atoms with Gasteiger partial charge in [-0.05, 0) is 51.2 Å². The van der Waals surface area contributed by atoms with E-state index in [4.69, 9.17) is 0 Å². The topological polar surface area (TPSA) is 78.1 Å². The van der Waals surface area contributed by atoms with E-state index in [2.05, 4.69) is 34.0 Å². The fourth-order valence-corrected chi connectivity index (χ4v) is 2.98. The summed E-state index contributed by atoms with van der Waals surface area (Å²) in [4.78, 5) is 33.6. The van der Waals surface area contributed by atoms with E-state index in [0.717, 1.165) is 18.4 Å². The Morgan fingerprint density at radius 3 is 2.32 bits per heavy atom. The molecule has 2 heterocycles. The van der Waals surface area contributed by atoms with Crippen LogP contribution in [0.5, 0.6) is 0 Å². The van der Waals surface area contributed by atoms with E-state index >= 15 is 0 Å². The molecule has 25 heavy (non-hydrogen) atoms. The molecule has 0 radical (unpaired) electrons. The summed E-state index contributed by atoms with van der Waals surface area (Å²) < 4.78 is 0. The molecule has 0 saturated heterocycles. The average Bonchev–Trinajstić information content (AvgIpc) is 2.63.